The Morgan fingerprint density at radius 1 is 1.03 bits per heavy atom. The van der Waals surface area contributed by atoms with Crippen molar-refractivity contribution >= 4 is 58.1 Å². The van der Waals surface area contributed by atoms with Crippen molar-refractivity contribution in [1.29, 1.82) is 0 Å². The zero-order valence-electron chi connectivity index (χ0n) is 15.3. The van der Waals surface area contributed by atoms with Crippen molar-refractivity contribution in [2.24, 2.45) is 5.10 Å². The second kappa shape index (κ2) is 11.2. The van der Waals surface area contributed by atoms with Crippen LogP contribution in [0, 0.1) is 3.57 Å². The summed E-state index contributed by atoms with van der Waals surface area (Å²) in [7, 11) is 0. The van der Waals surface area contributed by atoms with Gasteiger partial charge in [-0.1, -0.05) is 23.7 Å². The monoisotopic (exact) mass is 536 g/mol. The van der Waals surface area contributed by atoms with E-state index in [2.05, 4.69) is 57.4 Å². The number of thioether (sulfide) groups is 1. The average molecular weight is 537 g/mol. The lowest BCUT2D eigenvalue weighted by atomic mass is 10.2. The van der Waals surface area contributed by atoms with Gasteiger partial charge in [-0.3, -0.25) is 4.79 Å². The summed E-state index contributed by atoms with van der Waals surface area (Å²) in [5, 5.41) is 4.67. The minimum absolute atomic E-state index is 0.168. The molecule has 0 aliphatic carbocycles. The van der Waals surface area contributed by atoms with E-state index < -0.39 is 0 Å². The summed E-state index contributed by atoms with van der Waals surface area (Å²) in [6.45, 7) is 0.520. The molecule has 148 valence electrons. The molecule has 0 bridgehead atoms. The Morgan fingerprint density at radius 3 is 2.41 bits per heavy atom. The first-order valence-corrected chi connectivity index (χ1v) is 11.2. The molecule has 0 spiro atoms. The number of hydrazone groups is 1. The van der Waals surface area contributed by atoms with Crippen molar-refractivity contribution in [2.45, 2.75) is 11.5 Å². The highest BCUT2D eigenvalue weighted by atomic mass is 127. The molecule has 0 aliphatic heterocycles. The molecule has 0 atom stereocenters. The number of nitrogens with one attached hydrogen (secondary N) is 1. The summed E-state index contributed by atoms with van der Waals surface area (Å²) in [5.41, 5.74) is 4.52. The number of nitrogens with zero attached hydrogens (tertiary/aromatic N) is 1. The number of hydrogen-bond acceptors (Lipinski definition) is 4. The number of hydrogen-bond donors (Lipinski definition) is 1. The van der Waals surface area contributed by atoms with Gasteiger partial charge in [0, 0.05) is 13.5 Å². The predicted octanol–water partition coefficient (Wildman–Crippen LogP) is 5.77. The summed E-state index contributed by atoms with van der Waals surface area (Å²) in [6.07, 6.45) is 1.60. The molecule has 0 radical (unpaired) electrons. The Kier molecular flexibility index (Phi) is 8.39. The van der Waals surface area contributed by atoms with Crippen LogP contribution in [-0.2, 0) is 11.4 Å². The first-order chi connectivity index (χ1) is 14.1. The van der Waals surface area contributed by atoms with Crippen LogP contribution >= 0.6 is 46.0 Å². The molecule has 0 heterocycles. The van der Waals surface area contributed by atoms with Crippen molar-refractivity contribution in [2.75, 3.05) is 5.75 Å². The Labute approximate surface area is 192 Å². The van der Waals surface area contributed by atoms with E-state index in [1.54, 1.807) is 18.3 Å². The van der Waals surface area contributed by atoms with Crippen LogP contribution in [0.1, 0.15) is 11.1 Å². The Bertz CT molecular complexity index is 962. The minimum Gasteiger partial charge on any atom is -0.489 e. The zero-order chi connectivity index (χ0) is 20.5. The van der Waals surface area contributed by atoms with E-state index in [9.17, 15) is 4.79 Å². The number of ether oxygens (including phenoxy) is 1. The molecule has 29 heavy (non-hydrogen) atoms. The SMILES string of the molecule is O=C(CSc1ccc(Cl)cc1)N/N=C\c1ccc(OCc2ccc(I)cc2)cc1. The number of amides is 1. The molecular formula is C22H18ClIN2O2S. The van der Waals surface area contributed by atoms with Crippen LogP contribution in [0.5, 0.6) is 5.75 Å². The molecule has 3 aromatic carbocycles. The molecule has 1 amide bonds. The summed E-state index contributed by atoms with van der Waals surface area (Å²) in [5.74, 6) is 0.896. The third-order valence-corrected chi connectivity index (χ3v) is 5.77. The first-order valence-electron chi connectivity index (χ1n) is 8.76. The molecule has 7 heteroatoms. The number of halogens is 2. The van der Waals surface area contributed by atoms with E-state index >= 15 is 0 Å². The molecule has 0 aliphatic rings. The lowest BCUT2D eigenvalue weighted by Crippen LogP contribution is -2.19. The molecule has 0 saturated heterocycles. The largest absolute Gasteiger partial charge is 0.489 e. The summed E-state index contributed by atoms with van der Waals surface area (Å²) in [4.78, 5) is 12.9. The normalized spacial score (nSPS) is 10.8. The van der Waals surface area contributed by atoms with Crippen LogP contribution in [0.15, 0.2) is 82.8 Å². The molecule has 1 N–H and O–H groups in total. The smallest absolute Gasteiger partial charge is 0.250 e. The molecule has 0 saturated carbocycles. The summed E-state index contributed by atoms with van der Waals surface area (Å²) >= 11 is 9.55. The van der Waals surface area contributed by atoms with Crippen LogP contribution in [0.25, 0.3) is 0 Å². The molecular weight excluding hydrogens is 519 g/mol. The van der Waals surface area contributed by atoms with Gasteiger partial charge in [0.2, 0.25) is 5.91 Å². The predicted molar refractivity (Wildman–Crippen MR) is 128 cm³/mol. The number of carbonyl (C=O) groups is 1. The standard InChI is InChI=1S/C22H18ClIN2O2S/c23-18-5-11-21(12-6-18)29-15-22(27)26-25-13-16-3-9-20(10-4-16)28-14-17-1-7-19(24)8-2-17/h1-13H,14-15H2,(H,26,27)/b25-13-. The van der Waals surface area contributed by atoms with Crippen molar-refractivity contribution in [3.8, 4) is 5.75 Å². The van der Waals surface area contributed by atoms with Gasteiger partial charge in [0.1, 0.15) is 12.4 Å². The van der Waals surface area contributed by atoms with Crippen molar-refractivity contribution in [3.05, 3.63) is 92.5 Å². The molecule has 0 aromatic heterocycles. The zero-order valence-corrected chi connectivity index (χ0v) is 19.1. The highest BCUT2D eigenvalue weighted by Gasteiger charge is 2.02. The second-order valence-electron chi connectivity index (χ2n) is 6.02. The van der Waals surface area contributed by atoms with Gasteiger partial charge in [0.25, 0.3) is 0 Å². The maximum absolute atomic E-state index is 11.9. The van der Waals surface area contributed by atoms with Crippen molar-refractivity contribution in [1.82, 2.24) is 5.43 Å². The number of rotatable bonds is 8. The first kappa shape index (κ1) is 21.7. The van der Waals surface area contributed by atoms with Crippen LogP contribution < -0.4 is 10.2 Å². The Morgan fingerprint density at radius 2 is 1.72 bits per heavy atom. The van der Waals surface area contributed by atoms with Gasteiger partial charge in [-0.05, 0) is 94.4 Å². The highest BCUT2D eigenvalue weighted by Crippen LogP contribution is 2.20. The topological polar surface area (TPSA) is 50.7 Å². The van der Waals surface area contributed by atoms with E-state index in [1.807, 2.05) is 36.4 Å². The lowest BCUT2D eigenvalue weighted by Gasteiger charge is -2.06. The fourth-order valence-electron chi connectivity index (χ4n) is 2.29. The molecule has 4 nitrogen and oxygen atoms in total. The third kappa shape index (κ3) is 7.72. The van der Waals surface area contributed by atoms with Crippen LogP contribution in [-0.4, -0.2) is 17.9 Å². The van der Waals surface area contributed by atoms with Gasteiger partial charge in [-0.2, -0.15) is 5.10 Å². The van der Waals surface area contributed by atoms with Gasteiger partial charge < -0.3 is 4.74 Å². The van der Waals surface area contributed by atoms with Gasteiger partial charge in [0.05, 0.1) is 12.0 Å². The average Bonchev–Trinajstić information content (AvgIpc) is 2.74. The summed E-state index contributed by atoms with van der Waals surface area (Å²) in [6, 6.07) is 23.1. The fraction of sp³-hybridized carbons (Fsp3) is 0.0909. The number of carbonyl (C=O) groups excluding carboxylic acids is 1. The molecule has 3 rings (SSSR count). The molecule has 0 fully saturated rings. The second-order valence-corrected chi connectivity index (χ2v) is 8.75. The number of benzene rings is 3. The Balaban J connectivity index is 1.41. The van der Waals surface area contributed by atoms with Gasteiger partial charge in [-0.25, -0.2) is 5.43 Å². The Hall–Kier alpha value is -2.03. The lowest BCUT2D eigenvalue weighted by molar-refractivity contribution is -0.118. The van der Waals surface area contributed by atoms with E-state index in [0.29, 0.717) is 11.6 Å². The third-order valence-electron chi connectivity index (χ3n) is 3.79. The molecule has 3 aromatic rings. The van der Waals surface area contributed by atoms with Crippen LogP contribution in [0.4, 0.5) is 0 Å². The quantitative estimate of drug-likeness (QED) is 0.172. The highest BCUT2D eigenvalue weighted by molar-refractivity contribution is 14.1. The van der Waals surface area contributed by atoms with Crippen molar-refractivity contribution in [3.63, 3.8) is 0 Å². The van der Waals surface area contributed by atoms with E-state index in [1.165, 1.54) is 15.3 Å². The van der Waals surface area contributed by atoms with E-state index in [-0.39, 0.29) is 11.7 Å². The van der Waals surface area contributed by atoms with Crippen LogP contribution in [0.3, 0.4) is 0 Å². The maximum Gasteiger partial charge on any atom is 0.250 e. The van der Waals surface area contributed by atoms with Crippen molar-refractivity contribution < 1.29 is 9.53 Å². The minimum atomic E-state index is -0.168. The fourth-order valence-corrected chi connectivity index (χ4v) is 3.46. The summed E-state index contributed by atoms with van der Waals surface area (Å²) < 4.78 is 6.98. The van der Waals surface area contributed by atoms with E-state index in [0.717, 1.165) is 21.8 Å². The van der Waals surface area contributed by atoms with Gasteiger partial charge in [-0.15, -0.1) is 11.8 Å². The van der Waals surface area contributed by atoms with Crippen LogP contribution in [0.2, 0.25) is 5.02 Å². The van der Waals surface area contributed by atoms with Gasteiger partial charge >= 0.3 is 0 Å². The maximum atomic E-state index is 11.9. The molecule has 0 unspecified atom stereocenters. The van der Waals surface area contributed by atoms with Gasteiger partial charge in [0.15, 0.2) is 0 Å². The van der Waals surface area contributed by atoms with E-state index in [4.69, 9.17) is 16.3 Å².